The Morgan fingerprint density at radius 3 is 2.22 bits per heavy atom. The SMILES string of the molecule is CC(C)NS(=O)(=O)c1ccc(NC(=O)C(C)OC(=O)c2ccc(Cl)s2)cc1. The number of thiophene rings is 1. The van der Waals surface area contributed by atoms with Crippen LogP contribution in [0, 0.1) is 0 Å². The number of carbonyl (C=O) groups excluding carboxylic acids is 2. The van der Waals surface area contributed by atoms with Crippen molar-refractivity contribution < 1.29 is 22.7 Å². The number of esters is 1. The molecule has 1 aromatic heterocycles. The Balaban J connectivity index is 1.98. The van der Waals surface area contributed by atoms with Crippen molar-refractivity contribution in [2.24, 2.45) is 0 Å². The molecule has 0 aliphatic heterocycles. The van der Waals surface area contributed by atoms with Gasteiger partial charge in [-0.05, 0) is 57.2 Å². The van der Waals surface area contributed by atoms with Gasteiger partial charge in [0.05, 0.1) is 9.23 Å². The van der Waals surface area contributed by atoms with Crippen molar-refractivity contribution in [3.63, 3.8) is 0 Å². The summed E-state index contributed by atoms with van der Waals surface area (Å²) in [6.45, 7) is 4.88. The van der Waals surface area contributed by atoms with Gasteiger partial charge in [-0.25, -0.2) is 17.9 Å². The zero-order valence-corrected chi connectivity index (χ0v) is 17.2. The summed E-state index contributed by atoms with van der Waals surface area (Å²) in [5, 5.41) is 2.57. The van der Waals surface area contributed by atoms with E-state index in [1.165, 1.54) is 37.3 Å². The number of carbonyl (C=O) groups is 2. The van der Waals surface area contributed by atoms with Gasteiger partial charge < -0.3 is 10.1 Å². The van der Waals surface area contributed by atoms with Crippen LogP contribution < -0.4 is 10.0 Å². The number of amides is 1. The van der Waals surface area contributed by atoms with Crippen LogP contribution in [0.5, 0.6) is 0 Å². The number of hydrogen-bond donors (Lipinski definition) is 2. The van der Waals surface area contributed by atoms with Crippen molar-refractivity contribution in [2.45, 2.75) is 37.8 Å². The fourth-order valence-electron chi connectivity index (χ4n) is 2.04. The van der Waals surface area contributed by atoms with Crippen LogP contribution in [-0.2, 0) is 19.6 Å². The summed E-state index contributed by atoms with van der Waals surface area (Å²) in [6, 6.07) is 8.53. The van der Waals surface area contributed by atoms with Crippen LogP contribution in [0.1, 0.15) is 30.4 Å². The number of rotatable bonds is 7. The summed E-state index contributed by atoms with van der Waals surface area (Å²) < 4.78 is 32.2. The third-order valence-corrected chi connectivity index (χ3v) is 6.14. The zero-order valence-electron chi connectivity index (χ0n) is 14.9. The minimum Gasteiger partial charge on any atom is -0.448 e. The molecule has 0 radical (unpaired) electrons. The van der Waals surface area contributed by atoms with E-state index in [1.54, 1.807) is 19.9 Å². The molecule has 7 nitrogen and oxygen atoms in total. The summed E-state index contributed by atoms with van der Waals surface area (Å²) in [5.41, 5.74) is 0.380. The van der Waals surface area contributed by atoms with Crippen LogP contribution in [0.25, 0.3) is 0 Å². The van der Waals surface area contributed by atoms with Crippen LogP contribution in [0.15, 0.2) is 41.3 Å². The monoisotopic (exact) mass is 430 g/mol. The molecule has 1 atom stereocenters. The van der Waals surface area contributed by atoms with Crippen molar-refractivity contribution in [3.8, 4) is 0 Å². The first-order valence-corrected chi connectivity index (χ1v) is 10.7. The Kier molecular flexibility index (Phi) is 6.99. The topological polar surface area (TPSA) is 102 Å². The molecule has 0 bridgehead atoms. The van der Waals surface area contributed by atoms with E-state index in [0.717, 1.165) is 11.3 Å². The summed E-state index contributed by atoms with van der Waals surface area (Å²) in [6.07, 6.45) is -1.04. The number of benzene rings is 1. The van der Waals surface area contributed by atoms with Gasteiger partial charge in [-0.3, -0.25) is 4.79 Å². The fraction of sp³-hybridized carbons (Fsp3) is 0.294. The summed E-state index contributed by atoms with van der Waals surface area (Å²) in [5.74, 6) is -1.18. The maximum absolute atomic E-state index is 12.2. The molecular weight excluding hydrogens is 412 g/mol. The van der Waals surface area contributed by atoms with Gasteiger partial charge in [0.15, 0.2) is 6.10 Å². The van der Waals surface area contributed by atoms with Crippen molar-refractivity contribution >= 4 is 50.5 Å². The molecule has 0 aliphatic rings. The van der Waals surface area contributed by atoms with Crippen LogP contribution in [0.2, 0.25) is 4.34 Å². The lowest BCUT2D eigenvalue weighted by molar-refractivity contribution is -0.123. The van der Waals surface area contributed by atoms with E-state index in [9.17, 15) is 18.0 Å². The quantitative estimate of drug-likeness (QED) is 0.656. The van der Waals surface area contributed by atoms with E-state index in [0.29, 0.717) is 14.9 Å². The first kappa shape index (κ1) is 21.4. The van der Waals surface area contributed by atoms with Gasteiger partial charge in [0.1, 0.15) is 4.88 Å². The number of sulfonamides is 1. The molecule has 2 N–H and O–H groups in total. The average molecular weight is 431 g/mol. The first-order valence-electron chi connectivity index (χ1n) is 7.98. The lowest BCUT2D eigenvalue weighted by Gasteiger charge is -2.14. The van der Waals surface area contributed by atoms with E-state index in [1.807, 2.05) is 0 Å². The Hall–Kier alpha value is -1.94. The molecule has 1 aromatic carbocycles. The molecule has 0 aliphatic carbocycles. The molecule has 10 heteroatoms. The van der Waals surface area contributed by atoms with Crippen LogP contribution in [0.3, 0.4) is 0 Å². The van der Waals surface area contributed by atoms with Crippen molar-refractivity contribution in [3.05, 3.63) is 45.6 Å². The Labute approximate surface area is 166 Å². The van der Waals surface area contributed by atoms with Gasteiger partial charge in [0, 0.05) is 11.7 Å². The highest BCUT2D eigenvalue weighted by atomic mass is 35.5. The van der Waals surface area contributed by atoms with E-state index in [-0.39, 0.29) is 10.9 Å². The van der Waals surface area contributed by atoms with Gasteiger partial charge in [-0.15, -0.1) is 11.3 Å². The third-order valence-electron chi connectivity index (χ3n) is 3.25. The summed E-state index contributed by atoms with van der Waals surface area (Å²) in [4.78, 5) is 24.5. The molecule has 0 fully saturated rings. The predicted molar refractivity (Wildman–Crippen MR) is 105 cm³/mol. The molecule has 27 heavy (non-hydrogen) atoms. The van der Waals surface area contributed by atoms with Crippen molar-refractivity contribution in [1.82, 2.24) is 4.72 Å². The normalized spacial score (nSPS) is 12.6. The molecule has 0 saturated carbocycles. The molecule has 1 heterocycles. The van der Waals surface area contributed by atoms with Crippen molar-refractivity contribution in [1.29, 1.82) is 0 Å². The molecule has 1 amide bonds. The van der Waals surface area contributed by atoms with E-state index in [2.05, 4.69) is 10.0 Å². The number of halogens is 1. The first-order chi connectivity index (χ1) is 12.6. The zero-order chi connectivity index (χ0) is 20.2. The highest BCUT2D eigenvalue weighted by molar-refractivity contribution is 7.89. The highest BCUT2D eigenvalue weighted by Crippen LogP contribution is 2.22. The number of nitrogens with one attached hydrogen (secondary N) is 2. The van der Waals surface area contributed by atoms with Crippen LogP contribution in [0.4, 0.5) is 5.69 Å². The van der Waals surface area contributed by atoms with Gasteiger partial charge in [0.2, 0.25) is 10.0 Å². The Morgan fingerprint density at radius 1 is 1.07 bits per heavy atom. The van der Waals surface area contributed by atoms with Gasteiger partial charge in [-0.2, -0.15) is 0 Å². The minimum atomic E-state index is -3.61. The lowest BCUT2D eigenvalue weighted by Crippen LogP contribution is -2.30. The standard InChI is InChI=1S/C17H19ClN2O5S2/c1-10(2)20-27(23,24)13-6-4-12(5-7-13)19-16(21)11(3)25-17(22)14-8-9-15(18)26-14/h4-11,20H,1-3H3,(H,19,21). The Bertz CT molecular complexity index is 923. The summed E-state index contributed by atoms with van der Waals surface area (Å²) in [7, 11) is -3.61. The third kappa shape index (κ3) is 6.03. The molecule has 0 spiro atoms. The number of ether oxygens (including phenoxy) is 1. The second kappa shape index (κ2) is 8.83. The van der Waals surface area contributed by atoms with Gasteiger partial charge in [0.25, 0.3) is 5.91 Å². The van der Waals surface area contributed by atoms with E-state index in [4.69, 9.17) is 16.3 Å². The minimum absolute atomic E-state index is 0.0863. The molecular formula is C17H19ClN2O5S2. The Morgan fingerprint density at radius 2 is 1.70 bits per heavy atom. The van der Waals surface area contributed by atoms with Crippen LogP contribution in [-0.4, -0.2) is 32.4 Å². The molecule has 2 rings (SSSR count). The number of anilines is 1. The summed E-state index contributed by atoms with van der Waals surface area (Å²) >= 11 is 6.83. The smallest absolute Gasteiger partial charge is 0.349 e. The predicted octanol–water partition coefficient (Wildman–Crippen LogP) is 3.27. The fourth-order valence-corrected chi connectivity index (χ4v) is 4.21. The van der Waals surface area contributed by atoms with Crippen LogP contribution >= 0.6 is 22.9 Å². The van der Waals surface area contributed by atoms with E-state index >= 15 is 0 Å². The van der Waals surface area contributed by atoms with Gasteiger partial charge in [-0.1, -0.05) is 11.6 Å². The van der Waals surface area contributed by atoms with E-state index < -0.39 is 28.0 Å². The molecule has 2 aromatic rings. The maximum atomic E-state index is 12.2. The second-order valence-electron chi connectivity index (χ2n) is 5.94. The largest absolute Gasteiger partial charge is 0.448 e. The molecule has 1 unspecified atom stereocenters. The lowest BCUT2D eigenvalue weighted by atomic mass is 10.3. The second-order valence-corrected chi connectivity index (χ2v) is 9.37. The number of hydrogen-bond acceptors (Lipinski definition) is 6. The van der Waals surface area contributed by atoms with Crippen molar-refractivity contribution in [2.75, 3.05) is 5.32 Å². The molecule has 146 valence electrons. The average Bonchev–Trinajstić information content (AvgIpc) is 3.00. The maximum Gasteiger partial charge on any atom is 0.349 e. The highest BCUT2D eigenvalue weighted by Gasteiger charge is 2.21. The molecule has 0 saturated heterocycles. The van der Waals surface area contributed by atoms with Gasteiger partial charge >= 0.3 is 5.97 Å².